The second-order valence-corrected chi connectivity index (χ2v) is 6.23. The van der Waals surface area contributed by atoms with Gasteiger partial charge in [0, 0.05) is 30.7 Å². The van der Waals surface area contributed by atoms with Gasteiger partial charge < -0.3 is 20.3 Å². The van der Waals surface area contributed by atoms with E-state index in [1.807, 2.05) is 4.90 Å². The van der Waals surface area contributed by atoms with Gasteiger partial charge >= 0.3 is 0 Å². The van der Waals surface area contributed by atoms with Gasteiger partial charge in [-0.3, -0.25) is 9.59 Å². The highest BCUT2D eigenvalue weighted by molar-refractivity contribution is 5.99. The predicted octanol–water partition coefficient (Wildman–Crippen LogP) is 0.984. The van der Waals surface area contributed by atoms with Gasteiger partial charge in [0.15, 0.2) is 6.61 Å². The molecule has 2 bridgehead atoms. The molecule has 0 radical (unpaired) electrons. The van der Waals surface area contributed by atoms with E-state index in [9.17, 15) is 9.59 Å². The molecule has 2 saturated heterocycles. The summed E-state index contributed by atoms with van der Waals surface area (Å²) in [6.45, 7) is 1.57. The van der Waals surface area contributed by atoms with E-state index in [0.717, 1.165) is 25.9 Å². The largest absolute Gasteiger partial charge is 0.482 e. The number of carbonyl (C=O) groups excluding carboxylic acids is 2. The third kappa shape index (κ3) is 2.43. The van der Waals surface area contributed by atoms with E-state index in [4.69, 9.17) is 4.74 Å². The summed E-state index contributed by atoms with van der Waals surface area (Å²) < 4.78 is 5.33. The molecular formula is C16H19N3O3. The molecule has 0 saturated carbocycles. The predicted molar refractivity (Wildman–Crippen MR) is 81.0 cm³/mol. The topological polar surface area (TPSA) is 70.7 Å². The van der Waals surface area contributed by atoms with Crippen LogP contribution in [0, 0.1) is 0 Å². The first-order chi connectivity index (χ1) is 10.7. The van der Waals surface area contributed by atoms with Crippen LogP contribution in [0.4, 0.5) is 5.69 Å². The van der Waals surface area contributed by atoms with Gasteiger partial charge in [0.25, 0.3) is 11.8 Å². The van der Waals surface area contributed by atoms with Crippen LogP contribution in [0.1, 0.15) is 29.6 Å². The minimum Gasteiger partial charge on any atom is -0.482 e. The molecule has 3 aliphatic rings. The second-order valence-electron chi connectivity index (χ2n) is 6.23. The molecule has 2 N–H and O–H groups in total. The number of hydrogen-bond donors (Lipinski definition) is 2. The van der Waals surface area contributed by atoms with Crippen molar-refractivity contribution in [2.75, 3.05) is 25.0 Å². The van der Waals surface area contributed by atoms with Crippen LogP contribution in [-0.4, -0.2) is 48.5 Å². The van der Waals surface area contributed by atoms with Crippen LogP contribution >= 0.6 is 0 Å². The summed E-state index contributed by atoms with van der Waals surface area (Å²) >= 11 is 0. The standard InChI is InChI=1S/C16H19N3O3/c20-15-9-22-14-4-1-10(7-13(14)18-15)16(21)19-6-5-11-2-3-12(8-19)17-11/h1,4,7,11-12,17H,2-3,5-6,8-9H2,(H,18,20). The smallest absolute Gasteiger partial charge is 0.262 e. The second kappa shape index (κ2) is 5.28. The first-order valence-electron chi connectivity index (χ1n) is 7.81. The van der Waals surface area contributed by atoms with Crippen molar-refractivity contribution in [1.29, 1.82) is 0 Å². The highest BCUT2D eigenvalue weighted by Crippen LogP contribution is 2.29. The number of hydrogen-bond acceptors (Lipinski definition) is 4. The van der Waals surface area contributed by atoms with Crippen LogP contribution < -0.4 is 15.4 Å². The van der Waals surface area contributed by atoms with Crippen molar-refractivity contribution in [1.82, 2.24) is 10.2 Å². The van der Waals surface area contributed by atoms with Gasteiger partial charge in [0.05, 0.1) is 5.69 Å². The lowest BCUT2D eigenvalue weighted by Crippen LogP contribution is -2.39. The molecule has 2 unspecified atom stereocenters. The van der Waals surface area contributed by atoms with Gasteiger partial charge in [-0.25, -0.2) is 0 Å². The number of likely N-dealkylation sites (tertiary alicyclic amines) is 1. The van der Waals surface area contributed by atoms with Crippen molar-refractivity contribution >= 4 is 17.5 Å². The third-order valence-corrected chi connectivity index (χ3v) is 4.67. The molecule has 6 heteroatoms. The summed E-state index contributed by atoms with van der Waals surface area (Å²) in [5.41, 5.74) is 1.18. The summed E-state index contributed by atoms with van der Waals surface area (Å²) in [4.78, 5) is 26.1. The van der Waals surface area contributed by atoms with Gasteiger partial charge in [-0.05, 0) is 37.5 Å². The van der Waals surface area contributed by atoms with Crippen molar-refractivity contribution in [3.05, 3.63) is 23.8 Å². The Labute approximate surface area is 128 Å². The Morgan fingerprint density at radius 2 is 2.09 bits per heavy atom. The van der Waals surface area contributed by atoms with Crippen molar-refractivity contribution < 1.29 is 14.3 Å². The maximum atomic E-state index is 12.7. The number of nitrogens with zero attached hydrogens (tertiary/aromatic N) is 1. The number of rotatable bonds is 1. The van der Waals surface area contributed by atoms with Crippen molar-refractivity contribution in [3.8, 4) is 5.75 Å². The van der Waals surface area contributed by atoms with Gasteiger partial charge in [0.2, 0.25) is 0 Å². The number of anilines is 1. The highest BCUT2D eigenvalue weighted by Gasteiger charge is 2.31. The SMILES string of the molecule is O=C1COc2ccc(C(=O)N3CCC4CCC(C3)N4)cc2N1. The molecule has 2 atom stereocenters. The van der Waals surface area contributed by atoms with Gasteiger partial charge in [-0.1, -0.05) is 0 Å². The average Bonchev–Trinajstić information content (AvgIpc) is 2.85. The molecular weight excluding hydrogens is 282 g/mol. The maximum absolute atomic E-state index is 12.7. The highest BCUT2D eigenvalue weighted by atomic mass is 16.5. The Bertz CT molecular complexity index is 631. The van der Waals surface area contributed by atoms with E-state index >= 15 is 0 Å². The van der Waals surface area contributed by atoms with E-state index < -0.39 is 0 Å². The van der Waals surface area contributed by atoms with E-state index in [-0.39, 0.29) is 18.4 Å². The fourth-order valence-corrected chi connectivity index (χ4v) is 3.53. The number of benzene rings is 1. The van der Waals surface area contributed by atoms with Crippen LogP contribution in [0.25, 0.3) is 0 Å². The Balaban J connectivity index is 1.55. The molecule has 2 amide bonds. The monoisotopic (exact) mass is 301 g/mol. The number of ether oxygens (including phenoxy) is 1. The van der Waals surface area contributed by atoms with Crippen molar-refractivity contribution in [2.24, 2.45) is 0 Å². The number of amides is 2. The molecule has 1 aromatic rings. The Hall–Kier alpha value is -2.08. The lowest BCUT2D eigenvalue weighted by atomic mass is 10.1. The van der Waals surface area contributed by atoms with Crippen molar-refractivity contribution in [3.63, 3.8) is 0 Å². The van der Waals surface area contributed by atoms with Gasteiger partial charge in [-0.15, -0.1) is 0 Å². The summed E-state index contributed by atoms with van der Waals surface area (Å²) in [5.74, 6) is 0.457. The quantitative estimate of drug-likeness (QED) is 0.811. The molecule has 0 aromatic heterocycles. The van der Waals surface area contributed by atoms with Gasteiger partial charge in [-0.2, -0.15) is 0 Å². The zero-order chi connectivity index (χ0) is 15.1. The fourth-order valence-electron chi connectivity index (χ4n) is 3.53. The Kier molecular flexibility index (Phi) is 3.26. The molecule has 0 spiro atoms. The summed E-state index contributed by atoms with van der Waals surface area (Å²) in [6, 6.07) is 6.21. The first-order valence-corrected chi connectivity index (χ1v) is 7.81. The maximum Gasteiger partial charge on any atom is 0.262 e. The van der Waals surface area contributed by atoms with E-state index in [1.54, 1.807) is 18.2 Å². The third-order valence-electron chi connectivity index (χ3n) is 4.67. The number of nitrogens with one attached hydrogen (secondary N) is 2. The molecule has 6 nitrogen and oxygen atoms in total. The van der Waals surface area contributed by atoms with Crippen LogP contribution in [0.15, 0.2) is 18.2 Å². The first kappa shape index (κ1) is 13.6. The van der Waals surface area contributed by atoms with E-state index in [1.165, 1.54) is 6.42 Å². The summed E-state index contributed by atoms with van der Waals surface area (Å²) in [7, 11) is 0. The number of fused-ring (bicyclic) bond motifs is 3. The molecule has 116 valence electrons. The molecule has 1 aromatic carbocycles. The van der Waals surface area contributed by atoms with Crippen LogP contribution in [-0.2, 0) is 4.79 Å². The zero-order valence-electron chi connectivity index (χ0n) is 12.3. The molecule has 4 rings (SSSR count). The van der Waals surface area contributed by atoms with E-state index in [0.29, 0.717) is 29.1 Å². The van der Waals surface area contributed by atoms with Crippen molar-refractivity contribution in [2.45, 2.75) is 31.3 Å². The van der Waals surface area contributed by atoms with E-state index in [2.05, 4.69) is 10.6 Å². The minimum absolute atomic E-state index is 0.0250. The summed E-state index contributed by atoms with van der Waals surface area (Å²) in [6.07, 6.45) is 3.37. The number of carbonyl (C=O) groups is 2. The molecule has 2 fully saturated rings. The lowest BCUT2D eigenvalue weighted by molar-refractivity contribution is -0.118. The Morgan fingerprint density at radius 3 is 3.00 bits per heavy atom. The van der Waals surface area contributed by atoms with Crippen LogP contribution in [0.2, 0.25) is 0 Å². The van der Waals surface area contributed by atoms with Crippen LogP contribution in [0.5, 0.6) is 5.75 Å². The molecule has 3 heterocycles. The van der Waals surface area contributed by atoms with Gasteiger partial charge in [0.1, 0.15) is 5.75 Å². The van der Waals surface area contributed by atoms with Crippen LogP contribution in [0.3, 0.4) is 0 Å². The lowest BCUT2D eigenvalue weighted by Gasteiger charge is -2.25. The molecule has 3 aliphatic heterocycles. The zero-order valence-corrected chi connectivity index (χ0v) is 12.3. The molecule has 0 aliphatic carbocycles. The summed E-state index contributed by atoms with van der Waals surface area (Å²) in [5, 5.41) is 6.32. The minimum atomic E-state index is -0.187. The normalized spacial score (nSPS) is 26.7. The fraction of sp³-hybridized carbons (Fsp3) is 0.500. The Morgan fingerprint density at radius 1 is 1.23 bits per heavy atom. The molecule has 22 heavy (non-hydrogen) atoms. The average molecular weight is 301 g/mol.